The van der Waals surface area contributed by atoms with Crippen molar-refractivity contribution < 1.29 is 9.21 Å². The summed E-state index contributed by atoms with van der Waals surface area (Å²) in [6.45, 7) is 3.95. The lowest BCUT2D eigenvalue weighted by Crippen LogP contribution is -2.63. The summed E-state index contributed by atoms with van der Waals surface area (Å²) in [5.41, 5.74) is 0.207. The van der Waals surface area contributed by atoms with Gasteiger partial charge >= 0.3 is 0 Å². The van der Waals surface area contributed by atoms with E-state index in [9.17, 15) is 4.79 Å². The van der Waals surface area contributed by atoms with Crippen LogP contribution in [0.15, 0.2) is 22.8 Å². The quantitative estimate of drug-likeness (QED) is 0.883. The highest BCUT2D eigenvalue weighted by atomic mass is 16.3. The number of amides is 1. The molecule has 0 atom stereocenters. The van der Waals surface area contributed by atoms with Gasteiger partial charge < -0.3 is 15.1 Å². The van der Waals surface area contributed by atoms with Gasteiger partial charge in [0.2, 0.25) is 5.91 Å². The summed E-state index contributed by atoms with van der Waals surface area (Å²) in [6.07, 6.45) is 7.96. The number of hydrogen-bond acceptors (Lipinski definition) is 4. The van der Waals surface area contributed by atoms with Gasteiger partial charge in [-0.25, -0.2) is 0 Å². The van der Waals surface area contributed by atoms with Crippen LogP contribution in [0.3, 0.4) is 0 Å². The summed E-state index contributed by atoms with van der Waals surface area (Å²) in [6, 6.07) is 3.72. The van der Waals surface area contributed by atoms with Crippen LogP contribution in [-0.2, 0) is 11.3 Å². The highest BCUT2D eigenvalue weighted by Crippen LogP contribution is 2.34. The number of furan rings is 1. The molecule has 0 radical (unpaired) electrons. The first-order chi connectivity index (χ1) is 10.3. The van der Waals surface area contributed by atoms with Gasteiger partial charge in [0.15, 0.2) is 0 Å². The minimum absolute atomic E-state index is 0.0956. The fourth-order valence-corrected chi connectivity index (χ4v) is 3.66. The molecule has 1 aliphatic carbocycles. The number of carbonyl (C=O) groups excluding carboxylic acids is 1. The molecule has 1 saturated carbocycles. The number of rotatable bonds is 4. The smallest absolute Gasteiger partial charge is 0.234 e. The fraction of sp³-hybridized carbons (Fsp3) is 0.688. The number of nitrogens with one attached hydrogen (secondary N) is 2. The molecule has 0 unspecified atom stereocenters. The molecule has 0 aromatic carbocycles. The minimum atomic E-state index is 0.0956. The van der Waals surface area contributed by atoms with Crippen molar-refractivity contribution >= 4 is 5.91 Å². The second kappa shape index (κ2) is 6.62. The van der Waals surface area contributed by atoms with Gasteiger partial charge in [0.1, 0.15) is 5.76 Å². The van der Waals surface area contributed by atoms with E-state index in [1.807, 2.05) is 12.1 Å². The monoisotopic (exact) mass is 291 g/mol. The van der Waals surface area contributed by atoms with Crippen LogP contribution in [0.4, 0.5) is 0 Å². The van der Waals surface area contributed by atoms with Crippen LogP contribution in [0.2, 0.25) is 0 Å². The SMILES string of the molecule is O=C(CN1CCNCC12CCCCC2)NCc1ccco1. The lowest BCUT2D eigenvalue weighted by atomic mass is 9.79. The highest BCUT2D eigenvalue weighted by Gasteiger charge is 2.40. The molecule has 2 N–H and O–H groups in total. The van der Waals surface area contributed by atoms with Crippen molar-refractivity contribution in [2.24, 2.45) is 0 Å². The molecule has 0 bridgehead atoms. The maximum atomic E-state index is 12.2. The van der Waals surface area contributed by atoms with Gasteiger partial charge in [-0.15, -0.1) is 0 Å². The van der Waals surface area contributed by atoms with E-state index in [1.54, 1.807) is 6.26 Å². The third-order valence-electron chi connectivity index (χ3n) is 4.84. The first kappa shape index (κ1) is 14.6. The molecule has 5 nitrogen and oxygen atoms in total. The minimum Gasteiger partial charge on any atom is -0.467 e. The van der Waals surface area contributed by atoms with Crippen LogP contribution in [0.25, 0.3) is 0 Å². The van der Waals surface area contributed by atoms with Crippen molar-refractivity contribution in [3.63, 3.8) is 0 Å². The van der Waals surface area contributed by atoms with E-state index in [-0.39, 0.29) is 11.4 Å². The molecule has 1 aliphatic heterocycles. The highest BCUT2D eigenvalue weighted by molar-refractivity contribution is 5.78. The van der Waals surface area contributed by atoms with Crippen molar-refractivity contribution in [1.82, 2.24) is 15.5 Å². The molecule has 5 heteroatoms. The molecule has 2 fully saturated rings. The standard InChI is InChI=1S/C16H25N3O2/c20-15(18-11-14-5-4-10-21-14)12-19-9-8-17-13-16(19)6-2-1-3-7-16/h4-5,10,17H,1-3,6-9,11-13H2,(H,18,20). The van der Waals surface area contributed by atoms with E-state index in [4.69, 9.17) is 4.42 Å². The van der Waals surface area contributed by atoms with Crippen molar-refractivity contribution in [3.8, 4) is 0 Å². The molecule has 116 valence electrons. The maximum absolute atomic E-state index is 12.2. The number of nitrogens with zero attached hydrogens (tertiary/aromatic N) is 1. The van der Waals surface area contributed by atoms with Crippen LogP contribution in [0.1, 0.15) is 37.9 Å². The molecule has 2 heterocycles. The lowest BCUT2D eigenvalue weighted by Gasteiger charge is -2.49. The van der Waals surface area contributed by atoms with Crippen LogP contribution < -0.4 is 10.6 Å². The first-order valence-corrected chi connectivity index (χ1v) is 8.03. The molecule has 1 amide bonds. The molecule has 21 heavy (non-hydrogen) atoms. The lowest BCUT2D eigenvalue weighted by molar-refractivity contribution is -0.125. The van der Waals surface area contributed by atoms with Crippen LogP contribution in [-0.4, -0.2) is 42.5 Å². The van der Waals surface area contributed by atoms with Gasteiger partial charge in [-0.2, -0.15) is 0 Å². The Bertz CT molecular complexity index is 444. The van der Waals surface area contributed by atoms with Gasteiger partial charge in [-0.1, -0.05) is 19.3 Å². The second-order valence-electron chi connectivity index (χ2n) is 6.24. The van der Waals surface area contributed by atoms with Crippen molar-refractivity contribution in [2.45, 2.75) is 44.2 Å². The predicted octanol–water partition coefficient (Wildman–Crippen LogP) is 1.50. The second-order valence-corrected chi connectivity index (χ2v) is 6.24. The third kappa shape index (κ3) is 3.47. The van der Waals surface area contributed by atoms with Gasteiger partial charge in [-0.3, -0.25) is 9.69 Å². The van der Waals surface area contributed by atoms with Gasteiger partial charge in [0.25, 0.3) is 0 Å². The van der Waals surface area contributed by atoms with E-state index < -0.39 is 0 Å². The number of hydrogen-bond donors (Lipinski definition) is 2. The first-order valence-electron chi connectivity index (χ1n) is 8.03. The maximum Gasteiger partial charge on any atom is 0.234 e. The predicted molar refractivity (Wildman–Crippen MR) is 80.8 cm³/mol. The average molecular weight is 291 g/mol. The van der Waals surface area contributed by atoms with Gasteiger partial charge in [0.05, 0.1) is 19.4 Å². The molecule has 1 saturated heterocycles. The van der Waals surface area contributed by atoms with Crippen LogP contribution in [0.5, 0.6) is 0 Å². The Hall–Kier alpha value is -1.33. The third-order valence-corrected chi connectivity index (χ3v) is 4.84. The Morgan fingerprint density at radius 2 is 2.24 bits per heavy atom. The zero-order valence-corrected chi connectivity index (χ0v) is 12.6. The summed E-state index contributed by atoms with van der Waals surface area (Å²) >= 11 is 0. The van der Waals surface area contributed by atoms with E-state index in [1.165, 1.54) is 32.1 Å². The van der Waals surface area contributed by atoms with Crippen molar-refractivity contribution in [3.05, 3.63) is 24.2 Å². The molecular formula is C16H25N3O2. The fourth-order valence-electron chi connectivity index (χ4n) is 3.66. The largest absolute Gasteiger partial charge is 0.467 e. The Labute approximate surface area is 126 Å². The van der Waals surface area contributed by atoms with Crippen LogP contribution >= 0.6 is 0 Å². The summed E-state index contributed by atoms with van der Waals surface area (Å²) in [5, 5.41) is 6.47. The molecule has 1 aromatic rings. The number of carbonyl (C=O) groups is 1. The summed E-state index contributed by atoms with van der Waals surface area (Å²) in [4.78, 5) is 14.6. The van der Waals surface area contributed by atoms with Crippen molar-refractivity contribution in [1.29, 1.82) is 0 Å². The van der Waals surface area contributed by atoms with Gasteiger partial charge in [0, 0.05) is 25.2 Å². The normalized spacial score (nSPS) is 22.3. The van der Waals surface area contributed by atoms with E-state index in [0.29, 0.717) is 13.1 Å². The van der Waals surface area contributed by atoms with E-state index >= 15 is 0 Å². The summed E-state index contributed by atoms with van der Waals surface area (Å²) in [5.74, 6) is 0.897. The van der Waals surface area contributed by atoms with Crippen molar-refractivity contribution in [2.75, 3.05) is 26.2 Å². The Balaban J connectivity index is 1.55. The molecular weight excluding hydrogens is 266 g/mol. The summed E-state index contributed by atoms with van der Waals surface area (Å²) < 4.78 is 5.25. The molecule has 3 rings (SSSR count). The van der Waals surface area contributed by atoms with Gasteiger partial charge in [-0.05, 0) is 25.0 Å². The van der Waals surface area contributed by atoms with Crippen LogP contribution in [0, 0.1) is 0 Å². The topological polar surface area (TPSA) is 57.5 Å². The zero-order valence-electron chi connectivity index (χ0n) is 12.6. The molecule has 2 aliphatic rings. The van der Waals surface area contributed by atoms with E-state index in [0.717, 1.165) is 25.4 Å². The Morgan fingerprint density at radius 3 is 3.00 bits per heavy atom. The average Bonchev–Trinajstić information content (AvgIpc) is 3.02. The number of piperazine rings is 1. The van der Waals surface area contributed by atoms with E-state index in [2.05, 4.69) is 15.5 Å². The summed E-state index contributed by atoms with van der Waals surface area (Å²) in [7, 11) is 0. The zero-order chi connectivity index (χ0) is 14.5. The Kier molecular flexibility index (Phi) is 4.60. The molecule has 1 spiro atoms. The molecule has 1 aromatic heterocycles. The Morgan fingerprint density at radius 1 is 1.38 bits per heavy atom.